The van der Waals surface area contributed by atoms with Gasteiger partial charge in [-0.2, -0.15) is 0 Å². The quantitative estimate of drug-likeness (QED) is 0.395. The minimum Gasteiger partial charge on any atom is -0.441 e. The molecule has 4 unspecified atom stereocenters. The average molecular weight is 504 g/mol. The molecule has 5 fully saturated rings. The van der Waals surface area contributed by atoms with E-state index in [1.54, 1.807) is 0 Å². The fourth-order valence-corrected chi connectivity index (χ4v) is 9.84. The first-order valence-electron chi connectivity index (χ1n) is 14.4. The van der Waals surface area contributed by atoms with Crippen LogP contribution in [-0.4, -0.2) is 50.4 Å². The molecule has 5 nitrogen and oxygen atoms in total. The molecule has 1 amide bonds. The smallest absolute Gasteiger partial charge is 0.410 e. The molecule has 0 aromatic rings. The summed E-state index contributed by atoms with van der Waals surface area (Å²) >= 11 is 0. The first-order valence-corrected chi connectivity index (χ1v) is 17.3. The molecule has 0 aromatic heterocycles. The molecule has 0 N–H and O–H groups in total. The van der Waals surface area contributed by atoms with Gasteiger partial charge in [-0.25, -0.2) is 4.79 Å². The zero-order chi connectivity index (χ0) is 25.4. The van der Waals surface area contributed by atoms with E-state index in [1.807, 2.05) is 4.90 Å². The number of hydrogen-bond donors (Lipinski definition) is 0. The Morgan fingerprint density at radius 2 is 1.77 bits per heavy atom. The van der Waals surface area contributed by atoms with E-state index in [9.17, 15) is 9.59 Å². The van der Waals surface area contributed by atoms with Gasteiger partial charge < -0.3 is 14.1 Å². The van der Waals surface area contributed by atoms with Crippen LogP contribution in [0.2, 0.25) is 18.1 Å². The van der Waals surface area contributed by atoms with Crippen LogP contribution >= 0.6 is 0 Å². The summed E-state index contributed by atoms with van der Waals surface area (Å²) in [7, 11) is -1.82. The Labute approximate surface area is 214 Å². The normalized spacial score (nSPS) is 43.7. The van der Waals surface area contributed by atoms with Crippen molar-refractivity contribution in [1.29, 1.82) is 0 Å². The van der Waals surface area contributed by atoms with Crippen molar-refractivity contribution < 1.29 is 18.8 Å². The highest BCUT2D eigenvalue weighted by Crippen LogP contribution is 2.66. The average Bonchev–Trinajstić information content (AvgIpc) is 3.24. The van der Waals surface area contributed by atoms with Crippen LogP contribution in [0.3, 0.4) is 0 Å². The van der Waals surface area contributed by atoms with E-state index < -0.39 is 8.32 Å². The Balaban J connectivity index is 1.23. The number of fused-ring (bicyclic) bond motifs is 5. The van der Waals surface area contributed by atoms with E-state index in [0.717, 1.165) is 51.0 Å². The van der Waals surface area contributed by atoms with Gasteiger partial charge in [-0.3, -0.25) is 4.79 Å². The third-order valence-electron chi connectivity index (χ3n) is 12.2. The van der Waals surface area contributed by atoms with Crippen LogP contribution in [0.25, 0.3) is 0 Å². The lowest BCUT2D eigenvalue weighted by Crippen LogP contribution is -2.56. The number of amides is 1. The molecule has 4 saturated carbocycles. The second-order valence-corrected chi connectivity index (χ2v) is 19.7. The standard InChI is InChI=1S/C29H49NO4Si/c1-26(2,3)35(6,7)33-17-16-30-19-29(34-25(30)32)15-14-27(4)20(18-29)8-9-21-22-10-11-24(31)28(22,5)13-12-23(21)27/h20-23H,8-19H2,1-7H3/t20?,21?,22?,23?,27-,28-,29+/m0/s1. The zero-order valence-corrected chi connectivity index (χ0v) is 24.4. The summed E-state index contributed by atoms with van der Waals surface area (Å²) in [5, 5.41) is 0.175. The van der Waals surface area contributed by atoms with Crippen molar-refractivity contribution in [2.45, 2.75) is 116 Å². The highest BCUT2D eigenvalue weighted by molar-refractivity contribution is 6.74. The zero-order valence-electron chi connectivity index (χ0n) is 23.4. The number of rotatable bonds is 4. The van der Waals surface area contributed by atoms with Crippen molar-refractivity contribution in [2.24, 2.45) is 34.5 Å². The van der Waals surface area contributed by atoms with E-state index >= 15 is 0 Å². The Hall–Kier alpha value is -0.883. The summed E-state index contributed by atoms with van der Waals surface area (Å²) in [6, 6.07) is 0. The molecular weight excluding hydrogens is 454 g/mol. The highest BCUT2D eigenvalue weighted by atomic mass is 28.4. The molecule has 5 aliphatic rings. The van der Waals surface area contributed by atoms with Gasteiger partial charge in [0.25, 0.3) is 0 Å². The monoisotopic (exact) mass is 503 g/mol. The lowest BCUT2D eigenvalue weighted by atomic mass is 9.44. The summed E-state index contributed by atoms with van der Waals surface area (Å²) in [4.78, 5) is 27.5. The molecule has 1 spiro atoms. The summed E-state index contributed by atoms with van der Waals surface area (Å²) in [6.45, 7) is 18.1. The lowest BCUT2D eigenvalue weighted by molar-refractivity contribution is -0.149. The van der Waals surface area contributed by atoms with Crippen molar-refractivity contribution >= 4 is 20.2 Å². The number of Topliss-reactive ketones (excluding diaryl/α,β-unsaturated/α-hetero) is 1. The minimum absolute atomic E-state index is 0.0474. The van der Waals surface area contributed by atoms with Gasteiger partial charge in [0.05, 0.1) is 13.2 Å². The maximum atomic E-state index is 12.9. The van der Waals surface area contributed by atoms with Gasteiger partial charge in [-0.1, -0.05) is 34.6 Å². The summed E-state index contributed by atoms with van der Waals surface area (Å²) < 4.78 is 12.5. The molecule has 5 rings (SSSR count). The predicted octanol–water partition coefficient (Wildman–Crippen LogP) is 6.81. The third kappa shape index (κ3) is 4.04. The fourth-order valence-electron chi connectivity index (χ4n) is 8.81. The maximum Gasteiger partial charge on any atom is 0.410 e. The molecule has 0 aromatic carbocycles. The molecule has 35 heavy (non-hydrogen) atoms. The predicted molar refractivity (Wildman–Crippen MR) is 141 cm³/mol. The van der Waals surface area contributed by atoms with Crippen LogP contribution in [0, 0.1) is 34.5 Å². The number of ether oxygens (including phenoxy) is 1. The number of ketones is 1. The van der Waals surface area contributed by atoms with Crippen molar-refractivity contribution in [3.8, 4) is 0 Å². The van der Waals surface area contributed by atoms with Crippen molar-refractivity contribution in [3.63, 3.8) is 0 Å². The van der Waals surface area contributed by atoms with E-state index in [0.29, 0.717) is 42.1 Å². The van der Waals surface area contributed by atoms with Crippen LogP contribution in [0.5, 0.6) is 0 Å². The van der Waals surface area contributed by atoms with Gasteiger partial charge in [0.2, 0.25) is 0 Å². The molecule has 7 atom stereocenters. The van der Waals surface area contributed by atoms with Gasteiger partial charge in [-0.05, 0) is 98.6 Å². The topological polar surface area (TPSA) is 55.8 Å². The molecule has 0 radical (unpaired) electrons. The first kappa shape index (κ1) is 25.8. The highest BCUT2D eigenvalue weighted by Gasteiger charge is 2.62. The van der Waals surface area contributed by atoms with Crippen LogP contribution in [0.15, 0.2) is 0 Å². The Morgan fingerprint density at radius 1 is 1.03 bits per heavy atom. The molecular formula is C29H49NO4Si. The molecule has 0 bridgehead atoms. The van der Waals surface area contributed by atoms with Gasteiger partial charge in [0, 0.05) is 18.4 Å². The molecule has 1 saturated heterocycles. The van der Waals surface area contributed by atoms with Crippen molar-refractivity contribution in [3.05, 3.63) is 0 Å². The van der Waals surface area contributed by atoms with Crippen molar-refractivity contribution in [1.82, 2.24) is 4.90 Å². The molecule has 6 heteroatoms. The van der Waals surface area contributed by atoms with Crippen LogP contribution in [0.1, 0.15) is 92.4 Å². The molecule has 1 heterocycles. The number of nitrogens with zero attached hydrogens (tertiary/aromatic N) is 1. The van der Waals surface area contributed by atoms with Crippen LogP contribution in [0.4, 0.5) is 4.79 Å². The second kappa shape index (κ2) is 8.31. The first-order chi connectivity index (χ1) is 16.2. The molecule has 1 aliphatic heterocycles. The van der Waals surface area contributed by atoms with Crippen molar-refractivity contribution in [2.75, 3.05) is 19.7 Å². The summed E-state index contributed by atoms with van der Waals surface area (Å²) in [5.74, 6) is 3.20. The Kier molecular flexibility index (Phi) is 6.11. The molecule has 198 valence electrons. The second-order valence-electron chi connectivity index (χ2n) is 14.9. The Bertz CT molecular complexity index is 882. The van der Waals surface area contributed by atoms with E-state index in [4.69, 9.17) is 9.16 Å². The van der Waals surface area contributed by atoms with E-state index in [1.165, 1.54) is 19.3 Å². The van der Waals surface area contributed by atoms with Gasteiger partial charge in [0.15, 0.2) is 8.32 Å². The minimum atomic E-state index is -1.82. The number of carbonyl (C=O) groups excluding carboxylic acids is 2. The maximum absolute atomic E-state index is 12.9. The number of carbonyl (C=O) groups is 2. The number of hydrogen-bond acceptors (Lipinski definition) is 4. The Morgan fingerprint density at radius 3 is 2.49 bits per heavy atom. The van der Waals surface area contributed by atoms with Gasteiger partial charge >= 0.3 is 6.09 Å². The lowest BCUT2D eigenvalue weighted by Gasteiger charge is -2.61. The summed E-state index contributed by atoms with van der Waals surface area (Å²) in [6.07, 6.45) is 9.70. The fraction of sp³-hybridized carbons (Fsp3) is 0.931. The van der Waals surface area contributed by atoms with Gasteiger partial charge in [-0.15, -0.1) is 0 Å². The van der Waals surface area contributed by atoms with Crippen LogP contribution < -0.4 is 0 Å². The SMILES string of the molecule is CC(C)(C)[Si](C)(C)OCCN1C[C@]2(CC[C@@]3(C)C(CCC4C3CC[C@]3(C)C(=O)CCC43)C2)OC1=O. The third-order valence-corrected chi connectivity index (χ3v) is 16.7. The largest absolute Gasteiger partial charge is 0.441 e. The van der Waals surface area contributed by atoms with E-state index in [2.05, 4.69) is 47.7 Å². The molecule has 4 aliphatic carbocycles. The van der Waals surface area contributed by atoms with Crippen LogP contribution in [-0.2, 0) is 14.0 Å². The summed E-state index contributed by atoms with van der Waals surface area (Å²) in [5.41, 5.74) is -0.0296. The van der Waals surface area contributed by atoms with Gasteiger partial charge in [0.1, 0.15) is 11.4 Å². The van der Waals surface area contributed by atoms with E-state index in [-0.39, 0.29) is 22.1 Å².